The summed E-state index contributed by atoms with van der Waals surface area (Å²) in [5.41, 5.74) is 7.08. The molecule has 2 N–H and O–H groups in total. The predicted octanol–water partition coefficient (Wildman–Crippen LogP) is 2.59. The average Bonchev–Trinajstić information content (AvgIpc) is 2.46. The lowest BCUT2D eigenvalue weighted by Crippen LogP contribution is -2.44. The highest BCUT2D eigenvalue weighted by molar-refractivity contribution is 5.08. The van der Waals surface area contributed by atoms with Gasteiger partial charge in [0.15, 0.2) is 0 Å². The molecule has 1 aromatic heterocycles. The fraction of sp³-hybridized carbons (Fsp3) is 0.667. The molecule has 3 heteroatoms. The highest BCUT2D eigenvalue weighted by Gasteiger charge is 2.30. The Bertz CT molecular complexity index is 352. The normalized spacial score (nSPS) is 26.2. The molecule has 0 saturated heterocycles. The van der Waals surface area contributed by atoms with Gasteiger partial charge in [0.25, 0.3) is 0 Å². The Kier molecular flexibility index (Phi) is 4.72. The third kappa shape index (κ3) is 2.90. The van der Waals surface area contributed by atoms with Crippen molar-refractivity contribution in [2.45, 2.75) is 44.7 Å². The molecular weight excluding hydrogens is 222 g/mol. The number of nitrogens with two attached hydrogens (primary N) is 1. The Hall–Kier alpha value is -0.930. The maximum absolute atomic E-state index is 5.93. The summed E-state index contributed by atoms with van der Waals surface area (Å²) in [7, 11) is 2.22. The van der Waals surface area contributed by atoms with E-state index in [1.54, 1.807) is 0 Å². The second-order valence-corrected chi connectivity index (χ2v) is 5.44. The molecule has 1 heterocycles. The van der Waals surface area contributed by atoms with E-state index in [1.165, 1.54) is 25.7 Å². The van der Waals surface area contributed by atoms with E-state index in [-0.39, 0.29) is 0 Å². The van der Waals surface area contributed by atoms with E-state index in [2.05, 4.69) is 36.0 Å². The fourth-order valence-corrected chi connectivity index (χ4v) is 3.12. The lowest BCUT2D eigenvalue weighted by atomic mass is 9.83. The summed E-state index contributed by atoms with van der Waals surface area (Å²) in [6.45, 7) is 3.05. The molecule has 0 radical (unpaired) electrons. The van der Waals surface area contributed by atoms with Crippen LogP contribution in [0.2, 0.25) is 0 Å². The quantitative estimate of drug-likeness (QED) is 0.889. The van der Waals surface area contributed by atoms with Gasteiger partial charge >= 0.3 is 0 Å². The smallest absolute Gasteiger partial charge is 0.0572 e. The van der Waals surface area contributed by atoms with Gasteiger partial charge in [0.1, 0.15) is 0 Å². The van der Waals surface area contributed by atoms with Crippen molar-refractivity contribution in [2.24, 2.45) is 11.7 Å². The van der Waals surface area contributed by atoms with Gasteiger partial charge in [-0.15, -0.1) is 0 Å². The minimum absolute atomic E-state index is 0.364. The summed E-state index contributed by atoms with van der Waals surface area (Å²) >= 11 is 0. The van der Waals surface area contributed by atoms with Gasteiger partial charge in [0.2, 0.25) is 0 Å². The molecule has 3 nitrogen and oxygen atoms in total. The van der Waals surface area contributed by atoms with Crippen molar-refractivity contribution in [1.82, 2.24) is 9.88 Å². The Morgan fingerprint density at radius 2 is 2.17 bits per heavy atom. The van der Waals surface area contributed by atoms with Crippen molar-refractivity contribution in [3.63, 3.8) is 0 Å². The van der Waals surface area contributed by atoms with Gasteiger partial charge in [0.05, 0.1) is 5.69 Å². The molecule has 18 heavy (non-hydrogen) atoms. The molecule has 0 aliphatic heterocycles. The van der Waals surface area contributed by atoms with Crippen LogP contribution in [0.5, 0.6) is 0 Å². The van der Waals surface area contributed by atoms with Gasteiger partial charge in [0, 0.05) is 18.3 Å². The van der Waals surface area contributed by atoms with Gasteiger partial charge in [-0.25, -0.2) is 0 Å². The van der Waals surface area contributed by atoms with E-state index in [1.807, 2.05) is 12.3 Å². The summed E-state index contributed by atoms with van der Waals surface area (Å²) in [5.74, 6) is 0.648. The van der Waals surface area contributed by atoms with Crippen LogP contribution in [-0.2, 0) is 0 Å². The highest BCUT2D eigenvalue weighted by Crippen LogP contribution is 2.31. The zero-order chi connectivity index (χ0) is 13.0. The minimum Gasteiger partial charge on any atom is -0.330 e. The van der Waals surface area contributed by atoms with Gasteiger partial charge in [-0.1, -0.05) is 18.9 Å². The maximum atomic E-state index is 5.93. The summed E-state index contributed by atoms with van der Waals surface area (Å²) in [5, 5.41) is 0. The molecule has 0 bridgehead atoms. The standard InChI is InChI=1S/C15H25N3/c1-12(14-8-5-6-10-17-14)18(2)15-9-4-3-7-13(15)11-16/h5-6,8,10,12-13,15H,3-4,7,9,11,16H2,1-2H3. The molecule has 100 valence electrons. The fourth-order valence-electron chi connectivity index (χ4n) is 3.12. The number of aromatic nitrogens is 1. The molecule has 0 amide bonds. The Balaban J connectivity index is 2.07. The van der Waals surface area contributed by atoms with Crippen molar-refractivity contribution in [2.75, 3.05) is 13.6 Å². The molecular formula is C15H25N3. The summed E-state index contributed by atoms with van der Waals surface area (Å²) in [6.07, 6.45) is 7.10. The first-order valence-electron chi connectivity index (χ1n) is 7.07. The topological polar surface area (TPSA) is 42.2 Å². The first kappa shape index (κ1) is 13.5. The molecule has 2 rings (SSSR count). The molecule has 0 spiro atoms. The summed E-state index contributed by atoms with van der Waals surface area (Å²) in [6, 6.07) is 7.12. The number of hydrogen-bond donors (Lipinski definition) is 1. The monoisotopic (exact) mass is 247 g/mol. The van der Waals surface area contributed by atoms with Gasteiger partial charge in [-0.3, -0.25) is 9.88 Å². The van der Waals surface area contributed by atoms with E-state index < -0.39 is 0 Å². The molecule has 1 aliphatic carbocycles. The van der Waals surface area contributed by atoms with Crippen molar-refractivity contribution >= 4 is 0 Å². The Morgan fingerprint density at radius 1 is 1.39 bits per heavy atom. The Morgan fingerprint density at radius 3 is 2.83 bits per heavy atom. The van der Waals surface area contributed by atoms with Crippen LogP contribution in [0.25, 0.3) is 0 Å². The molecule has 1 aromatic rings. The largest absolute Gasteiger partial charge is 0.330 e. The van der Waals surface area contributed by atoms with Crippen LogP contribution >= 0.6 is 0 Å². The molecule has 3 unspecified atom stereocenters. The maximum Gasteiger partial charge on any atom is 0.0572 e. The van der Waals surface area contributed by atoms with Crippen LogP contribution in [0.1, 0.15) is 44.3 Å². The SMILES string of the molecule is CC(c1ccccn1)N(C)C1CCCCC1CN. The molecule has 1 aliphatic rings. The lowest BCUT2D eigenvalue weighted by Gasteiger charge is -2.40. The zero-order valence-corrected chi connectivity index (χ0v) is 11.5. The lowest BCUT2D eigenvalue weighted by molar-refractivity contribution is 0.0972. The number of pyridine rings is 1. The average molecular weight is 247 g/mol. The molecule has 3 atom stereocenters. The minimum atomic E-state index is 0.364. The zero-order valence-electron chi connectivity index (χ0n) is 11.5. The predicted molar refractivity (Wildman–Crippen MR) is 75.2 cm³/mol. The van der Waals surface area contributed by atoms with Crippen LogP contribution in [0, 0.1) is 5.92 Å². The third-order valence-corrected chi connectivity index (χ3v) is 4.42. The van der Waals surface area contributed by atoms with Crippen molar-refractivity contribution in [1.29, 1.82) is 0 Å². The van der Waals surface area contributed by atoms with Gasteiger partial charge in [-0.2, -0.15) is 0 Å². The van der Waals surface area contributed by atoms with Gasteiger partial charge in [-0.05, 0) is 51.4 Å². The van der Waals surface area contributed by atoms with Crippen LogP contribution in [0.3, 0.4) is 0 Å². The Labute approximate surface area is 110 Å². The van der Waals surface area contributed by atoms with Crippen molar-refractivity contribution < 1.29 is 0 Å². The van der Waals surface area contributed by atoms with Gasteiger partial charge < -0.3 is 5.73 Å². The van der Waals surface area contributed by atoms with Crippen LogP contribution < -0.4 is 5.73 Å². The second-order valence-electron chi connectivity index (χ2n) is 5.44. The van der Waals surface area contributed by atoms with Crippen LogP contribution in [0.4, 0.5) is 0 Å². The van der Waals surface area contributed by atoms with Crippen molar-refractivity contribution in [3.8, 4) is 0 Å². The van der Waals surface area contributed by atoms with Crippen LogP contribution in [-0.4, -0.2) is 29.5 Å². The van der Waals surface area contributed by atoms with E-state index in [4.69, 9.17) is 5.73 Å². The van der Waals surface area contributed by atoms with E-state index >= 15 is 0 Å². The third-order valence-electron chi connectivity index (χ3n) is 4.42. The summed E-state index contributed by atoms with van der Waals surface area (Å²) < 4.78 is 0. The number of nitrogens with zero attached hydrogens (tertiary/aromatic N) is 2. The van der Waals surface area contributed by atoms with E-state index in [0.29, 0.717) is 18.0 Å². The van der Waals surface area contributed by atoms with E-state index in [9.17, 15) is 0 Å². The molecule has 1 fully saturated rings. The first-order chi connectivity index (χ1) is 8.74. The molecule has 1 saturated carbocycles. The van der Waals surface area contributed by atoms with Crippen LogP contribution in [0.15, 0.2) is 24.4 Å². The first-order valence-corrected chi connectivity index (χ1v) is 7.07. The second kappa shape index (κ2) is 6.30. The van der Waals surface area contributed by atoms with Crippen molar-refractivity contribution in [3.05, 3.63) is 30.1 Å². The summed E-state index contributed by atoms with van der Waals surface area (Å²) in [4.78, 5) is 6.94. The highest BCUT2D eigenvalue weighted by atomic mass is 15.2. The van der Waals surface area contributed by atoms with E-state index in [0.717, 1.165) is 12.2 Å². The number of hydrogen-bond acceptors (Lipinski definition) is 3. The molecule has 0 aromatic carbocycles. The number of rotatable bonds is 4.